The van der Waals surface area contributed by atoms with Crippen LogP contribution < -0.4 is 0 Å². The van der Waals surface area contributed by atoms with Gasteiger partial charge in [0.1, 0.15) is 0 Å². The standard InChI is InChI=1S/C28H38NO4PS2/c30-27(29-18-16-24-13-4-5-15-26(24)28(29)31)22-34(32,20-9-7-12-23-10-2-1-3-11-23)33-19-8-6-14-25-17-21-35-36-25/h1-5,10-11,13,15,25,32,34H,6-9,12,14,16-22H2. The first-order valence-electron chi connectivity index (χ1n) is 13.2. The molecule has 0 saturated carbocycles. The van der Waals surface area contributed by atoms with Crippen molar-refractivity contribution in [1.82, 2.24) is 4.90 Å². The predicted octanol–water partition coefficient (Wildman–Crippen LogP) is 6.15. The molecule has 1 N–H and O–H groups in total. The Hall–Kier alpha value is -1.37. The fraction of sp³-hybridized carbons (Fsp3) is 0.500. The summed E-state index contributed by atoms with van der Waals surface area (Å²) in [5.74, 6) is 0.684. The van der Waals surface area contributed by atoms with Crippen LogP contribution >= 0.6 is 29.3 Å². The maximum absolute atomic E-state index is 13.2. The van der Waals surface area contributed by atoms with Crippen LogP contribution in [0.1, 0.15) is 60.0 Å². The van der Waals surface area contributed by atoms with Crippen LogP contribution in [0.2, 0.25) is 0 Å². The topological polar surface area (TPSA) is 66.8 Å². The molecular weight excluding hydrogens is 509 g/mol. The molecule has 4 rings (SSSR count). The molecule has 0 aliphatic carbocycles. The quantitative estimate of drug-likeness (QED) is 0.184. The Morgan fingerprint density at radius 3 is 2.67 bits per heavy atom. The van der Waals surface area contributed by atoms with Crippen molar-refractivity contribution in [3.05, 3.63) is 71.3 Å². The van der Waals surface area contributed by atoms with Gasteiger partial charge >= 0.3 is 224 Å². The molecule has 0 spiro atoms. The van der Waals surface area contributed by atoms with Crippen LogP contribution in [-0.4, -0.2) is 58.1 Å². The Labute approximate surface area is 223 Å². The van der Waals surface area contributed by atoms with E-state index < -0.39 is 7.72 Å². The molecule has 2 aromatic rings. The second-order valence-corrected chi connectivity index (χ2v) is 15.6. The van der Waals surface area contributed by atoms with Gasteiger partial charge < -0.3 is 0 Å². The SMILES string of the molecule is O=C(C[PH](O)(CCCCc1ccccc1)OCCCCC1CCSS1)N1CCc2ccccc2C1=O. The molecule has 1 atom stereocenters. The summed E-state index contributed by atoms with van der Waals surface area (Å²) >= 11 is 0. The molecule has 1 fully saturated rings. The average Bonchev–Trinajstić information content (AvgIpc) is 3.41. The van der Waals surface area contributed by atoms with Crippen LogP contribution in [0, 0.1) is 0 Å². The van der Waals surface area contributed by atoms with Crippen molar-refractivity contribution in [3.63, 3.8) is 0 Å². The van der Waals surface area contributed by atoms with Crippen molar-refractivity contribution in [3.8, 4) is 0 Å². The van der Waals surface area contributed by atoms with Crippen LogP contribution in [0.25, 0.3) is 0 Å². The summed E-state index contributed by atoms with van der Waals surface area (Å²) in [6.45, 7) is 0.847. The molecule has 2 aliphatic rings. The maximum atomic E-state index is 13.2. The molecular formula is C28H38NO4PS2. The van der Waals surface area contributed by atoms with Crippen LogP contribution in [0.3, 0.4) is 0 Å². The zero-order valence-electron chi connectivity index (χ0n) is 20.9. The van der Waals surface area contributed by atoms with Gasteiger partial charge in [0.2, 0.25) is 0 Å². The van der Waals surface area contributed by atoms with Gasteiger partial charge in [0, 0.05) is 0 Å². The molecule has 8 heteroatoms. The van der Waals surface area contributed by atoms with Crippen molar-refractivity contribution in [2.24, 2.45) is 0 Å². The average molecular weight is 548 g/mol. The first-order valence-corrected chi connectivity index (χ1v) is 17.8. The van der Waals surface area contributed by atoms with Crippen molar-refractivity contribution in [2.45, 2.75) is 56.6 Å². The number of carbonyl (C=O) groups excluding carboxylic acids is 2. The van der Waals surface area contributed by atoms with Gasteiger partial charge in [0.05, 0.1) is 0 Å². The third-order valence-electron chi connectivity index (χ3n) is 6.97. The molecule has 1 unspecified atom stereocenters. The van der Waals surface area contributed by atoms with Crippen LogP contribution in [0.5, 0.6) is 0 Å². The van der Waals surface area contributed by atoms with Gasteiger partial charge in [-0.25, -0.2) is 0 Å². The summed E-state index contributed by atoms with van der Waals surface area (Å²) < 4.78 is 6.14. The van der Waals surface area contributed by atoms with Crippen molar-refractivity contribution in [2.75, 3.05) is 31.2 Å². The van der Waals surface area contributed by atoms with E-state index in [1.807, 2.05) is 58.0 Å². The Kier molecular flexibility index (Phi) is 10.7. The van der Waals surface area contributed by atoms with Crippen molar-refractivity contribution in [1.29, 1.82) is 0 Å². The van der Waals surface area contributed by atoms with Gasteiger partial charge in [-0.1, -0.05) is 0 Å². The summed E-state index contributed by atoms with van der Waals surface area (Å²) in [6, 6.07) is 17.8. The number of imide groups is 1. The Morgan fingerprint density at radius 1 is 1.06 bits per heavy atom. The molecule has 36 heavy (non-hydrogen) atoms. The summed E-state index contributed by atoms with van der Waals surface area (Å²) in [6.07, 6.45) is 8.22. The number of unbranched alkanes of at least 4 members (excludes halogenated alkanes) is 2. The van der Waals surface area contributed by atoms with Crippen molar-refractivity contribution >= 4 is 41.1 Å². The van der Waals surface area contributed by atoms with Crippen LogP contribution in [0.4, 0.5) is 0 Å². The minimum atomic E-state index is -3.29. The normalized spacial score (nSPS) is 18.3. The Bertz CT molecular complexity index is 1000. The number of amides is 2. The third-order valence-corrected chi connectivity index (χ3v) is 12.7. The number of nitrogens with zero attached hydrogens (tertiary/aromatic N) is 1. The van der Waals surface area contributed by atoms with Gasteiger partial charge in [-0.05, 0) is 0 Å². The van der Waals surface area contributed by atoms with E-state index in [2.05, 4.69) is 12.1 Å². The second kappa shape index (κ2) is 14.0. The van der Waals surface area contributed by atoms with E-state index in [0.717, 1.165) is 42.9 Å². The summed E-state index contributed by atoms with van der Waals surface area (Å²) in [4.78, 5) is 39.1. The molecule has 196 valence electrons. The van der Waals surface area contributed by atoms with E-state index in [4.69, 9.17) is 4.52 Å². The van der Waals surface area contributed by atoms with Gasteiger partial charge in [-0.3, -0.25) is 0 Å². The molecule has 2 heterocycles. The van der Waals surface area contributed by atoms with Gasteiger partial charge in [0.25, 0.3) is 0 Å². The Morgan fingerprint density at radius 2 is 1.86 bits per heavy atom. The van der Waals surface area contributed by atoms with Gasteiger partial charge in [-0.15, -0.1) is 0 Å². The number of carbonyl (C=O) groups is 2. The molecule has 0 bridgehead atoms. The molecule has 2 aromatic carbocycles. The molecule has 2 amide bonds. The number of hydrogen-bond acceptors (Lipinski definition) is 6. The van der Waals surface area contributed by atoms with Crippen LogP contribution in [0.15, 0.2) is 54.6 Å². The van der Waals surface area contributed by atoms with E-state index in [9.17, 15) is 14.5 Å². The fourth-order valence-corrected chi connectivity index (χ4v) is 10.3. The fourth-order valence-electron chi connectivity index (χ4n) is 4.88. The van der Waals surface area contributed by atoms with Crippen molar-refractivity contribution < 1.29 is 19.0 Å². The van der Waals surface area contributed by atoms with E-state index in [1.54, 1.807) is 6.07 Å². The van der Waals surface area contributed by atoms with E-state index in [0.29, 0.717) is 31.3 Å². The summed E-state index contributed by atoms with van der Waals surface area (Å²) in [5.41, 5.74) is 2.85. The molecule has 0 radical (unpaired) electrons. The summed E-state index contributed by atoms with van der Waals surface area (Å²) in [5, 5.41) is 0.735. The number of rotatable bonds is 13. The van der Waals surface area contributed by atoms with E-state index >= 15 is 0 Å². The second-order valence-electron chi connectivity index (χ2n) is 9.75. The molecule has 0 aromatic heterocycles. The van der Waals surface area contributed by atoms with E-state index in [1.165, 1.54) is 29.1 Å². The first kappa shape index (κ1) is 27.7. The molecule has 5 nitrogen and oxygen atoms in total. The molecule has 1 saturated heterocycles. The van der Waals surface area contributed by atoms with Crippen LogP contribution in [-0.2, 0) is 22.2 Å². The zero-order valence-corrected chi connectivity index (χ0v) is 23.5. The number of hydrogen-bond donors (Lipinski definition) is 1. The number of aryl methyl sites for hydroxylation is 1. The van der Waals surface area contributed by atoms with Gasteiger partial charge in [0.15, 0.2) is 0 Å². The predicted molar refractivity (Wildman–Crippen MR) is 154 cm³/mol. The Balaban J connectivity index is 1.31. The zero-order chi connectivity index (χ0) is 25.2. The van der Waals surface area contributed by atoms with E-state index in [-0.39, 0.29) is 18.0 Å². The summed E-state index contributed by atoms with van der Waals surface area (Å²) in [7, 11) is 0.659. The number of benzene rings is 2. The number of fused-ring (bicyclic) bond motifs is 1. The third kappa shape index (κ3) is 8.06. The minimum absolute atomic E-state index is 0.0542. The van der Waals surface area contributed by atoms with Gasteiger partial charge in [-0.2, -0.15) is 0 Å². The monoisotopic (exact) mass is 547 g/mol. The first-order chi connectivity index (χ1) is 17.5. The molecule has 2 aliphatic heterocycles.